The summed E-state index contributed by atoms with van der Waals surface area (Å²) < 4.78 is 5.25. The average molecular weight is 441 g/mol. The number of halogens is 2. The Balaban J connectivity index is 0.00000150. The molecule has 2 amide bonds. The number of piperazine rings is 1. The summed E-state index contributed by atoms with van der Waals surface area (Å²) in [6.07, 6.45) is 2.38. The summed E-state index contributed by atoms with van der Waals surface area (Å²) in [5.74, 6) is 0.688. The molecule has 0 unspecified atom stereocenters. The maximum Gasteiger partial charge on any atom is 0.257 e. The fourth-order valence-corrected chi connectivity index (χ4v) is 3.77. The molecule has 9 heteroatoms. The van der Waals surface area contributed by atoms with E-state index in [4.69, 9.17) is 10.2 Å². The van der Waals surface area contributed by atoms with E-state index in [1.807, 2.05) is 23.1 Å². The topological polar surface area (TPSA) is 83.0 Å². The molecule has 2 aliphatic rings. The first-order valence-electron chi connectivity index (χ1n) is 9.33. The van der Waals surface area contributed by atoms with Crippen LogP contribution in [0.15, 0.2) is 41.0 Å². The summed E-state index contributed by atoms with van der Waals surface area (Å²) in [6, 6.07) is 9.78. The summed E-state index contributed by atoms with van der Waals surface area (Å²) in [4.78, 5) is 31.1. The lowest BCUT2D eigenvalue weighted by Crippen LogP contribution is -2.51. The third-order valence-electron chi connectivity index (χ3n) is 5.31. The van der Waals surface area contributed by atoms with Gasteiger partial charge >= 0.3 is 0 Å². The van der Waals surface area contributed by atoms with Gasteiger partial charge in [0, 0.05) is 38.4 Å². The van der Waals surface area contributed by atoms with Gasteiger partial charge < -0.3 is 20.0 Å². The van der Waals surface area contributed by atoms with Crippen LogP contribution in [-0.4, -0.2) is 60.9 Å². The van der Waals surface area contributed by atoms with Crippen molar-refractivity contribution < 1.29 is 14.0 Å². The number of rotatable bonds is 4. The SMILES string of the molecule is Cl.Cl.NCc1cc(C(=O)N2CCN(CC(=O)N3CCc4ccccc43)CC2)co1. The number of carbonyl (C=O) groups is 2. The van der Waals surface area contributed by atoms with Gasteiger partial charge in [-0.05, 0) is 24.1 Å². The average Bonchev–Trinajstić information content (AvgIpc) is 3.35. The first-order valence-corrected chi connectivity index (χ1v) is 9.33. The van der Waals surface area contributed by atoms with Crippen LogP contribution in [0.5, 0.6) is 0 Å². The molecule has 1 aromatic heterocycles. The van der Waals surface area contributed by atoms with Crippen LogP contribution in [-0.2, 0) is 17.8 Å². The lowest BCUT2D eigenvalue weighted by molar-refractivity contribution is -0.120. The van der Waals surface area contributed by atoms with E-state index < -0.39 is 0 Å². The summed E-state index contributed by atoms with van der Waals surface area (Å²) in [7, 11) is 0. The lowest BCUT2D eigenvalue weighted by atomic mass is 10.2. The predicted molar refractivity (Wildman–Crippen MR) is 116 cm³/mol. The van der Waals surface area contributed by atoms with Gasteiger partial charge in [0.1, 0.15) is 12.0 Å². The van der Waals surface area contributed by atoms with E-state index in [1.54, 1.807) is 11.0 Å². The van der Waals surface area contributed by atoms with Gasteiger partial charge in [-0.1, -0.05) is 18.2 Å². The van der Waals surface area contributed by atoms with Crippen molar-refractivity contribution in [3.05, 3.63) is 53.5 Å². The second-order valence-corrected chi connectivity index (χ2v) is 7.00. The Kier molecular flexibility index (Phi) is 8.10. The standard InChI is InChI=1S/C20H24N4O3.2ClH/c21-12-17-11-16(14-27-17)20(26)23-9-7-22(8-10-23)13-19(25)24-6-5-15-3-1-2-4-18(15)24;;/h1-4,11,14H,5-10,12-13,21H2;2*1H. The molecule has 0 radical (unpaired) electrons. The van der Waals surface area contributed by atoms with E-state index in [2.05, 4.69) is 11.0 Å². The molecule has 3 heterocycles. The maximum atomic E-state index is 12.7. The number of hydrogen-bond acceptors (Lipinski definition) is 5. The van der Waals surface area contributed by atoms with Crippen LogP contribution in [0.25, 0.3) is 0 Å². The Hall–Kier alpha value is -2.06. The number of para-hydroxylation sites is 1. The molecule has 1 saturated heterocycles. The van der Waals surface area contributed by atoms with Crippen molar-refractivity contribution in [3.63, 3.8) is 0 Å². The third-order valence-corrected chi connectivity index (χ3v) is 5.31. The second-order valence-electron chi connectivity index (χ2n) is 7.00. The lowest BCUT2D eigenvalue weighted by Gasteiger charge is -2.34. The van der Waals surface area contributed by atoms with Gasteiger partial charge in [-0.15, -0.1) is 24.8 Å². The van der Waals surface area contributed by atoms with Gasteiger partial charge in [0.15, 0.2) is 0 Å². The highest BCUT2D eigenvalue weighted by Gasteiger charge is 2.28. The van der Waals surface area contributed by atoms with Gasteiger partial charge in [-0.3, -0.25) is 14.5 Å². The van der Waals surface area contributed by atoms with Crippen molar-refractivity contribution in [2.75, 3.05) is 44.2 Å². The first kappa shape index (κ1) is 23.2. The number of anilines is 1. The van der Waals surface area contributed by atoms with Gasteiger partial charge in [0.25, 0.3) is 5.91 Å². The van der Waals surface area contributed by atoms with E-state index >= 15 is 0 Å². The third kappa shape index (κ3) is 4.93. The molecule has 158 valence electrons. The minimum atomic E-state index is -0.0436. The van der Waals surface area contributed by atoms with Crippen LogP contribution in [0.3, 0.4) is 0 Å². The van der Waals surface area contributed by atoms with Crippen LogP contribution in [0.4, 0.5) is 5.69 Å². The van der Waals surface area contributed by atoms with E-state index in [-0.39, 0.29) is 43.2 Å². The first-order chi connectivity index (χ1) is 13.2. The fourth-order valence-electron chi connectivity index (χ4n) is 3.77. The molecular formula is C20H26Cl2N4O3. The van der Waals surface area contributed by atoms with Crippen LogP contribution in [0.2, 0.25) is 0 Å². The number of hydrogen-bond donors (Lipinski definition) is 1. The highest BCUT2D eigenvalue weighted by Crippen LogP contribution is 2.27. The number of nitrogens with two attached hydrogens (primary N) is 1. The number of fused-ring (bicyclic) bond motifs is 1. The second kappa shape index (κ2) is 10.1. The zero-order valence-corrected chi connectivity index (χ0v) is 17.7. The van der Waals surface area contributed by atoms with Crippen molar-refractivity contribution in [2.45, 2.75) is 13.0 Å². The Morgan fingerprint density at radius 1 is 1.03 bits per heavy atom. The molecule has 1 aromatic carbocycles. The van der Waals surface area contributed by atoms with Crippen molar-refractivity contribution in [1.29, 1.82) is 0 Å². The Labute approximate surface area is 182 Å². The summed E-state index contributed by atoms with van der Waals surface area (Å²) >= 11 is 0. The molecule has 0 atom stereocenters. The van der Waals surface area contributed by atoms with Crippen LogP contribution >= 0.6 is 24.8 Å². The van der Waals surface area contributed by atoms with Crippen LogP contribution < -0.4 is 10.6 Å². The van der Waals surface area contributed by atoms with Crippen molar-refractivity contribution in [2.24, 2.45) is 5.73 Å². The van der Waals surface area contributed by atoms with Crippen molar-refractivity contribution in [3.8, 4) is 0 Å². The molecule has 4 rings (SSSR count). The molecule has 0 bridgehead atoms. The zero-order valence-electron chi connectivity index (χ0n) is 16.1. The molecule has 2 aliphatic heterocycles. The van der Waals surface area contributed by atoms with Crippen LogP contribution in [0.1, 0.15) is 21.7 Å². The molecule has 2 N–H and O–H groups in total. The quantitative estimate of drug-likeness (QED) is 0.784. The summed E-state index contributed by atoms with van der Waals surface area (Å²) in [5, 5.41) is 0. The van der Waals surface area contributed by atoms with Crippen molar-refractivity contribution in [1.82, 2.24) is 9.80 Å². The van der Waals surface area contributed by atoms with Gasteiger partial charge in [0.2, 0.25) is 5.91 Å². The van der Waals surface area contributed by atoms with E-state index in [1.165, 1.54) is 11.8 Å². The largest absolute Gasteiger partial charge is 0.467 e. The fraction of sp³-hybridized carbons (Fsp3) is 0.400. The molecule has 0 saturated carbocycles. The highest BCUT2D eigenvalue weighted by atomic mass is 35.5. The van der Waals surface area contributed by atoms with Crippen molar-refractivity contribution >= 4 is 42.3 Å². The van der Waals surface area contributed by atoms with Gasteiger partial charge in [-0.25, -0.2) is 0 Å². The van der Waals surface area contributed by atoms with Crippen LogP contribution in [0, 0.1) is 0 Å². The van der Waals surface area contributed by atoms with Gasteiger partial charge in [-0.2, -0.15) is 0 Å². The monoisotopic (exact) mass is 440 g/mol. The molecule has 0 spiro atoms. The number of furan rings is 1. The Morgan fingerprint density at radius 2 is 1.76 bits per heavy atom. The maximum absolute atomic E-state index is 12.7. The number of carbonyl (C=O) groups excluding carboxylic acids is 2. The smallest absolute Gasteiger partial charge is 0.257 e. The number of benzene rings is 1. The van der Waals surface area contributed by atoms with Gasteiger partial charge in [0.05, 0.1) is 18.7 Å². The van der Waals surface area contributed by atoms with E-state index in [9.17, 15) is 9.59 Å². The molecule has 2 aromatic rings. The number of nitrogens with zero attached hydrogens (tertiary/aromatic N) is 3. The minimum absolute atomic E-state index is 0. The molecule has 29 heavy (non-hydrogen) atoms. The number of amides is 2. The van der Waals surface area contributed by atoms with E-state index in [0.717, 1.165) is 18.7 Å². The molecule has 0 aliphatic carbocycles. The highest BCUT2D eigenvalue weighted by molar-refractivity contribution is 5.97. The normalized spacial score (nSPS) is 16.0. The van der Waals surface area contributed by atoms with E-state index in [0.29, 0.717) is 44.0 Å². The Morgan fingerprint density at radius 3 is 2.45 bits per heavy atom. The predicted octanol–water partition coefficient (Wildman–Crippen LogP) is 1.93. The molecule has 1 fully saturated rings. The molecule has 7 nitrogen and oxygen atoms in total. The minimum Gasteiger partial charge on any atom is -0.467 e. The summed E-state index contributed by atoms with van der Waals surface area (Å²) in [5.41, 5.74) is 8.33. The summed E-state index contributed by atoms with van der Waals surface area (Å²) in [6.45, 7) is 4.00. The molecular weight excluding hydrogens is 415 g/mol. The Bertz CT molecular complexity index is 850. The zero-order chi connectivity index (χ0) is 18.8.